The Morgan fingerprint density at radius 2 is 1.89 bits per heavy atom. The number of hydrogen-bond donors (Lipinski definition) is 1. The Balaban J connectivity index is 2.14. The number of alkyl halides is 3. The molecular formula is C13H15ClF3N. The van der Waals surface area contributed by atoms with Gasteiger partial charge in [0, 0.05) is 6.54 Å². The van der Waals surface area contributed by atoms with E-state index in [9.17, 15) is 13.2 Å². The van der Waals surface area contributed by atoms with Crippen LogP contribution in [-0.2, 0) is 6.18 Å². The molecule has 0 aliphatic heterocycles. The summed E-state index contributed by atoms with van der Waals surface area (Å²) in [5.74, 6) is 0.461. The summed E-state index contributed by atoms with van der Waals surface area (Å²) in [6.45, 7) is 0.562. The quantitative estimate of drug-likeness (QED) is 0.823. The zero-order chi connectivity index (χ0) is 13.2. The molecule has 0 aromatic heterocycles. The number of hydrogen-bond acceptors (Lipinski definition) is 1. The Morgan fingerprint density at radius 3 is 2.50 bits per heavy atom. The first-order valence-corrected chi connectivity index (χ1v) is 6.46. The lowest BCUT2D eigenvalue weighted by atomic mass is 10.1. The summed E-state index contributed by atoms with van der Waals surface area (Å²) in [7, 11) is 0. The molecule has 0 spiro atoms. The molecule has 100 valence electrons. The van der Waals surface area contributed by atoms with Crippen molar-refractivity contribution in [1.29, 1.82) is 0 Å². The minimum atomic E-state index is -4.37. The summed E-state index contributed by atoms with van der Waals surface area (Å²) in [6.07, 6.45) is 0.127. The minimum absolute atomic E-state index is 0.0126. The third-order valence-electron chi connectivity index (χ3n) is 3.36. The van der Waals surface area contributed by atoms with E-state index in [0.29, 0.717) is 12.5 Å². The number of benzene rings is 1. The predicted molar refractivity (Wildman–Crippen MR) is 66.9 cm³/mol. The van der Waals surface area contributed by atoms with E-state index in [4.69, 9.17) is 11.6 Å². The summed E-state index contributed by atoms with van der Waals surface area (Å²) in [4.78, 5) is 0. The molecular weight excluding hydrogens is 263 g/mol. The van der Waals surface area contributed by atoms with Gasteiger partial charge >= 0.3 is 6.18 Å². The van der Waals surface area contributed by atoms with Crippen molar-refractivity contribution in [2.24, 2.45) is 5.92 Å². The van der Waals surface area contributed by atoms with Crippen LogP contribution in [0.5, 0.6) is 0 Å². The second kappa shape index (κ2) is 5.39. The van der Waals surface area contributed by atoms with Gasteiger partial charge in [-0.1, -0.05) is 30.5 Å². The molecule has 1 fully saturated rings. The largest absolute Gasteiger partial charge is 0.418 e. The van der Waals surface area contributed by atoms with Crippen LogP contribution < -0.4 is 5.32 Å². The summed E-state index contributed by atoms with van der Waals surface area (Å²) < 4.78 is 38.5. The van der Waals surface area contributed by atoms with E-state index < -0.39 is 11.7 Å². The van der Waals surface area contributed by atoms with E-state index in [0.717, 1.165) is 18.9 Å². The number of halogens is 4. The van der Waals surface area contributed by atoms with Crippen molar-refractivity contribution in [2.75, 3.05) is 11.9 Å². The topological polar surface area (TPSA) is 12.0 Å². The third kappa shape index (κ3) is 3.10. The molecule has 0 unspecified atom stereocenters. The standard InChI is InChI=1S/C13H15ClF3N/c14-11-7-3-6-10(13(15,16)17)12(11)18-8-9-4-1-2-5-9/h3,6-7,9,18H,1-2,4-5,8H2. The van der Waals surface area contributed by atoms with E-state index in [-0.39, 0.29) is 10.7 Å². The zero-order valence-corrected chi connectivity index (χ0v) is 10.6. The minimum Gasteiger partial charge on any atom is -0.383 e. The molecule has 18 heavy (non-hydrogen) atoms. The molecule has 1 N–H and O–H groups in total. The van der Waals surface area contributed by atoms with Crippen LogP contribution in [0.3, 0.4) is 0 Å². The predicted octanol–water partition coefficient (Wildman–Crippen LogP) is 4.96. The molecule has 1 nitrogen and oxygen atoms in total. The average molecular weight is 278 g/mol. The first-order chi connectivity index (χ1) is 8.48. The molecule has 0 heterocycles. The van der Waals surface area contributed by atoms with Gasteiger partial charge in [0.15, 0.2) is 0 Å². The van der Waals surface area contributed by atoms with Crippen LogP contribution in [0.15, 0.2) is 18.2 Å². The zero-order valence-electron chi connectivity index (χ0n) is 9.86. The van der Waals surface area contributed by atoms with E-state index in [2.05, 4.69) is 5.32 Å². The highest BCUT2D eigenvalue weighted by Crippen LogP contribution is 2.39. The van der Waals surface area contributed by atoms with Gasteiger partial charge in [-0.05, 0) is 30.9 Å². The van der Waals surface area contributed by atoms with Gasteiger partial charge in [-0.2, -0.15) is 13.2 Å². The first kappa shape index (κ1) is 13.5. The third-order valence-corrected chi connectivity index (χ3v) is 3.68. The van der Waals surface area contributed by atoms with Crippen molar-refractivity contribution < 1.29 is 13.2 Å². The van der Waals surface area contributed by atoms with Crippen molar-refractivity contribution in [2.45, 2.75) is 31.9 Å². The van der Waals surface area contributed by atoms with E-state index in [1.165, 1.54) is 25.0 Å². The first-order valence-electron chi connectivity index (χ1n) is 6.08. The van der Waals surface area contributed by atoms with Gasteiger partial charge in [0.1, 0.15) is 0 Å². The highest BCUT2D eigenvalue weighted by atomic mass is 35.5. The fourth-order valence-corrected chi connectivity index (χ4v) is 2.64. The summed E-state index contributed by atoms with van der Waals surface area (Å²) in [6, 6.07) is 3.86. The van der Waals surface area contributed by atoms with Crippen LogP contribution in [0.4, 0.5) is 18.9 Å². The van der Waals surface area contributed by atoms with E-state index in [1.54, 1.807) is 0 Å². The molecule has 2 rings (SSSR count). The van der Waals surface area contributed by atoms with Crippen LogP contribution in [0.25, 0.3) is 0 Å². The van der Waals surface area contributed by atoms with Crippen LogP contribution in [0.2, 0.25) is 5.02 Å². The molecule has 0 saturated heterocycles. The van der Waals surface area contributed by atoms with Crippen LogP contribution in [0, 0.1) is 5.92 Å². The Hall–Kier alpha value is -0.900. The molecule has 0 amide bonds. The maximum absolute atomic E-state index is 12.8. The van der Waals surface area contributed by atoms with Crippen LogP contribution in [0.1, 0.15) is 31.2 Å². The van der Waals surface area contributed by atoms with Crippen LogP contribution >= 0.6 is 11.6 Å². The normalized spacial score (nSPS) is 17.1. The van der Waals surface area contributed by atoms with Gasteiger partial charge < -0.3 is 5.32 Å². The molecule has 0 atom stereocenters. The average Bonchev–Trinajstić information content (AvgIpc) is 2.78. The molecule has 0 bridgehead atoms. The van der Waals surface area contributed by atoms with Gasteiger partial charge in [-0.25, -0.2) is 0 Å². The van der Waals surface area contributed by atoms with Crippen molar-refractivity contribution in [3.8, 4) is 0 Å². The molecule has 0 radical (unpaired) electrons. The number of rotatable bonds is 3. The van der Waals surface area contributed by atoms with Gasteiger partial charge in [0.2, 0.25) is 0 Å². The second-order valence-corrected chi connectivity index (χ2v) is 5.10. The number of para-hydroxylation sites is 1. The lowest BCUT2D eigenvalue weighted by Crippen LogP contribution is -2.16. The Morgan fingerprint density at radius 1 is 1.22 bits per heavy atom. The maximum Gasteiger partial charge on any atom is 0.418 e. The second-order valence-electron chi connectivity index (χ2n) is 4.69. The van der Waals surface area contributed by atoms with Crippen molar-refractivity contribution >= 4 is 17.3 Å². The van der Waals surface area contributed by atoms with Gasteiger partial charge in [-0.3, -0.25) is 0 Å². The smallest absolute Gasteiger partial charge is 0.383 e. The van der Waals surface area contributed by atoms with Crippen molar-refractivity contribution in [3.05, 3.63) is 28.8 Å². The van der Waals surface area contributed by atoms with Gasteiger partial charge in [0.25, 0.3) is 0 Å². The highest BCUT2D eigenvalue weighted by molar-refractivity contribution is 6.33. The molecule has 1 saturated carbocycles. The maximum atomic E-state index is 12.8. The fourth-order valence-electron chi connectivity index (χ4n) is 2.40. The SMILES string of the molecule is FC(F)(F)c1cccc(Cl)c1NCC1CCCC1. The highest BCUT2D eigenvalue weighted by Gasteiger charge is 2.34. The summed E-state index contributed by atoms with van der Waals surface area (Å²) in [5, 5.41) is 3.01. The van der Waals surface area contributed by atoms with Crippen molar-refractivity contribution in [1.82, 2.24) is 0 Å². The fraction of sp³-hybridized carbons (Fsp3) is 0.538. The van der Waals surface area contributed by atoms with Crippen molar-refractivity contribution in [3.63, 3.8) is 0 Å². The van der Waals surface area contributed by atoms with Gasteiger partial charge in [0.05, 0.1) is 16.3 Å². The molecule has 5 heteroatoms. The number of nitrogens with one attached hydrogen (secondary N) is 1. The monoisotopic (exact) mass is 277 g/mol. The lowest BCUT2D eigenvalue weighted by Gasteiger charge is -2.18. The molecule has 1 aromatic carbocycles. The molecule has 1 aliphatic carbocycles. The summed E-state index contributed by atoms with van der Waals surface area (Å²) >= 11 is 5.86. The molecule has 1 aromatic rings. The van der Waals surface area contributed by atoms with E-state index >= 15 is 0 Å². The van der Waals surface area contributed by atoms with E-state index in [1.807, 2.05) is 0 Å². The van der Waals surface area contributed by atoms with Crippen LogP contribution in [-0.4, -0.2) is 6.54 Å². The number of anilines is 1. The summed E-state index contributed by atoms with van der Waals surface area (Å²) in [5.41, 5.74) is -0.674. The lowest BCUT2D eigenvalue weighted by molar-refractivity contribution is -0.136. The van der Waals surface area contributed by atoms with Gasteiger partial charge in [-0.15, -0.1) is 0 Å². The Kier molecular flexibility index (Phi) is 4.05. The Bertz CT molecular complexity index is 411. The Labute approximate surface area is 109 Å². The molecule has 1 aliphatic rings.